The monoisotopic (exact) mass is 480 g/mol. The lowest BCUT2D eigenvalue weighted by molar-refractivity contribution is -0.113. The van der Waals surface area contributed by atoms with Gasteiger partial charge in [-0.05, 0) is 54.6 Å². The lowest BCUT2D eigenvalue weighted by atomic mass is 10.2. The second kappa shape index (κ2) is 10.4. The molecule has 3 aromatic carbocycles. The Morgan fingerprint density at radius 3 is 2.45 bits per heavy atom. The number of anilines is 1. The molecule has 0 fully saturated rings. The molecule has 4 aromatic rings. The van der Waals surface area contributed by atoms with Gasteiger partial charge < -0.3 is 14.8 Å². The van der Waals surface area contributed by atoms with E-state index in [2.05, 4.69) is 15.5 Å². The maximum Gasteiger partial charge on any atom is 0.234 e. The molecule has 1 amide bonds. The van der Waals surface area contributed by atoms with E-state index in [1.165, 1.54) is 11.8 Å². The third-order valence-corrected chi connectivity index (χ3v) is 5.90. The minimum Gasteiger partial charge on any atom is -0.497 e. The minimum atomic E-state index is -0.172. The van der Waals surface area contributed by atoms with Crippen LogP contribution in [0.15, 0.2) is 78.0 Å². The third kappa shape index (κ3) is 5.47. The number of aromatic nitrogens is 3. The Morgan fingerprint density at radius 1 is 0.970 bits per heavy atom. The highest BCUT2D eigenvalue weighted by molar-refractivity contribution is 7.99. The van der Waals surface area contributed by atoms with Crippen LogP contribution < -0.4 is 14.8 Å². The van der Waals surface area contributed by atoms with Crippen LogP contribution in [0.4, 0.5) is 5.69 Å². The van der Waals surface area contributed by atoms with Gasteiger partial charge in [-0.3, -0.25) is 9.36 Å². The van der Waals surface area contributed by atoms with Gasteiger partial charge in [0.05, 0.1) is 20.0 Å². The molecule has 168 valence electrons. The number of ether oxygens (including phenoxy) is 2. The molecule has 0 aliphatic carbocycles. The van der Waals surface area contributed by atoms with Gasteiger partial charge in [0.2, 0.25) is 5.91 Å². The first kappa shape index (κ1) is 22.7. The summed E-state index contributed by atoms with van der Waals surface area (Å²) >= 11 is 7.29. The summed E-state index contributed by atoms with van der Waals surface area (Å²) in [5.74, 6) is 2.07. The smallest absolute Gasteiger partial charge is 0.234 e. The normalized spacial score (nSPS) is 10.6. The van der Waals surface area contributed by atoms with Crippen molar-refractivity contribution in [2.75, 3.05) is 25.3 Å². The Bertz CT molecular complexity index is 1260. The molecular weight excluding hydrogens is 460 g/mol. The van der Waals surface area contributed by atoms with Crippen molar-refractivity contribution < 1.29 is 14.3 Å². The average Bonchev–Trinajstić information content (AvgIpc) is 3.27. The quantitative estimate of drug-likeness (QED) is 0.343. The molecular formula is C24H21ClN4O3S. The summed E-state index contributed by atoms with van der Waals surface area (Å²) in [4.78, 5) is 12.5. The number of methoxy groups -OCH3 is 2. The molecule has 0 saturated heterocycles. The van der Waals surface area contributed by atoms with E-state index in [1.54, 1.807) is 38.5 Å². The zero-order valence-electron chi connectivity index (χ0n) is 18.0. The maximum absolute atomic E-state index is 12.5. The van der Waals surface area contributed by atoms with Crippen LogP contribution in [0, 0.1) is 0 Å². The van der Waals surface area contributed by atoms with Gasteiger partial charge in [0, 0.05) is 22.0 Å². The molecule has 1 aromatic heterocycles. The molecule has 0 unspecified atom stereocenters. The molecule has 0 atom stereocenters. The molecule has 0 radical (unpaired) electrons. The van der Waals surface area contributed by atoms with Crippen molar-refractivity contribution in [1.29, 1.82) is 0 Å². The van der Waals surface area contributed by atoms with Crippen molar-refractivity contribution in [2.45, 2.75) is 5.16 Å². The van der Waals surface area contributed by atoms with Crippen molar-refractivity contribution in [3.05, 3.63) is 77.8 Å². The van der Waals surface area contributed by atoms with Crippen LogP contribution in [0.5, 0.6) is 11.5 Å². The van der Waals surface area contributed by atoms with Crippen LogP contribution in [0.1, 0.15) is 0 Å². The maximum atomic E-state index is 12.5. The highest BCUT2D eigenvalue weighted by Gasteiger charge is 2.18. The van der Waals surface area contributed by atoms with E-state index in [1.807, 2.05) is 53.1 Å². The Labute approximate surface area is 200 Å². The van der Waals surface area contributed by atoms with Gasteiger partial charge in [0.15, 0.2) is 11.0 Å². The number of hydrogen-bond donors (Lipinski definition) is 1. The summed E-state index contributed by atoms with van der Waals surface area (Å²) in [5.41, 5.74) is 2.33. The summed E-state index contributed by atoms with van der Waals surface area (Å²) in [7, 11) is 3.24. The van der Waals surface area contributed by atoms with E-state index in [4.69, 9.17) is 21.1 Å². The summed E-state index contributed by atoms with van der Waals surface area (Å²) in [6, 6.07) is 22.2. The summed E-state index contributed by atoms with van der Waals surface area (Å²) in [6.07, 6.45) is 0. The number of halogens is 1. The molecule has 0 spiro atoms. The minimum absolute atomic E-state index is 0.152. The second-order valence-corrected chi connectivity index (χ2v) is 8.30. The van der Waals surface area contributed by atoms with Crippen molar-refractivity contribution in [1.82, 2.24) is 14.8 Å². The average molecular weight is 481 g/mol. The number of hydrogen-bond acceptors (Lipinski definition) is 6. The van der Waals surface area contributed by atoms with Crippen LogP contribution >= 0.6 is 23.4 Å². The second-order valence-electron chi connectivity index (χ2n) is 6.92. The molecule has 33 heavy (non-hydrogen) atoms. The number of carbonyl (C=O) groups excluding carboxylic acids is 1. The topological polar surface area (TPSA) is 78.3 Å². The standard InChI is InChI=1S/C24H21ClN4O3S/c1-31-20-11-9-19(10-12-20)29-23(16-5-3-8-21(13-16)32-2)27-28-24(29)33-15-22(30)26-18-7-4-6-17(25)14-18/h3-14H,15H2,1-2H3,(H,26,30). The molecule has 0 aliphatic rings. The first-order valence-corrected chi connectivity index (χ1v) is 11.4. The van der Waals surface area contributed by atoms with Crippen LogP contribution in [0.3, 0.4) is 0 Å². The van der Waals surface area contributed by atoms with Crippen LogP contribution in [-0.2, 0) is 4.79 Å². The summed E-state index contributed by atoms with van der Waals surface area (Å²) in [5, 5.41) is 12.8. The molecule has 7 nitrogen and oxygen atoms in total. The van der Waals surface area contributed by atoms with Crippen LogP contribution in [0.25, 0.3) is 17.1 Å². The fourth-order valence-corrected chi connectivity index (χ4v) is 4.11. The number of nitrogens with one attached hydrogen (secondary N) is 1. The van der Waals surface area contributed by atoms with Gasteiger partial charge in [0.25, 0.3) is 0 Å². The SMILES string of the molecule is COc1ccc(-n2c(SCC(=O)Nc3cccc(Cl)c3)nnc2-c2cccc(OC)c2)cc1. The van der Waals surface area contributed by atoms with Crippen molar-refractivity contribution in [2.24, 2.45) is 0 Å². The van der Waals surface area contributed by atoms with E-state index in [0.29, 0.717) is 27.4 Å². The van der Waals surface area contributed by atoms with Gasteiger partial charge in [-0.1, -0.05) is 41.6 Å². The zero-order valence-corrected chi connectivity index (χ0v) is 19.6. The Balaban J connectivity index is 1.62. The number of carbonyl (C=O) groups is 1. The van der Waals surface area contributed by atoms with E-state index in [9.17, 15) is 4.79 Å². The molecule has 0 aliphatic heterocycles. The molecule has 9 heteroatoms. The number of benzene rings is 3. The van der Waals surface area contributed by atoms with E-state index in [0.717, 1.165) is 17.0 Å². The molecule has 1 N–H and O–H groups in total. The first-order valence-electron chi connectivity index (χ1n) is 10.00. The summed E-state index contributed by atoms with van der Waals surface area (Å²) < 4.78 is 12.6. The van der Waals surface area contributed by atoms with Gasteiger partial charge in [-0.2, -0.15) is 0 Å². The van der Waals surface area contributed by atoms with Crippen molar-refractivity contribution in [3.63, 3.8) is 0 Å². The van der Waals surface area contributed by atoms with Crippen LogP contribution in [0.2, 0.25) is 5.02 Å². The third-order valence-electron chi connectivity index (χ3n) is 4.73. The largest absolute Gasteiger partial charge is 0.497 e. The number of nitrogens with zero attached hydrogens (tertiary/aromatic N) is 3. The van der Waals surface area contributed by atoms with E-state index in [-0.39, 0.29) is 11.7 Å². The highest BCUT2D eigenvalue weighted by Crippen LogP contribution is 2.30. The summed E-state index contributed by atoms with van der Waals surface area (Å²) in [6.45, 7) is 0. The molecule has 1 heterocycles. The fourth-order valence-electron chi connectivity index (χ4n) is 3.17. The van der Waals surface area contributed by atoms with Gasteiger partial charge in [-0.15, -0.1) is 10.2 Å². The molecule has 4 rings (SSSR count). The van der Waals surface area contributed by atoms with Crippen molar-refractivity contribution in [3.8, 4) is 28.6 Å². The molecule has 0 bridgehead atoms. The van der Waals surface area contributed by atoms with E-state index >= 15 is 0 Å². The molecule has 0 saturated carbocycles. The Hall–Kier alpha value is -3.49. The van der Waals surface area contributed by atoms with Gasteiger partial charge >= 0.3 is 0 Å². The zero-order chi connectivity index (χ0) is 23.2. The number of thioether (sulfide) groups is 1. The number of amides is 1. The lowest BCUT2D eigenvalue weighted by Crippen LogP contribution is -2.14. The Morgan fingerprint density at radius 2 is 1.73 bits per heavy atom. The van der Waals surface area contributed by atoms with E-state index < -0.39 is 0 Å². The predicted octanol–water partition coefficient (Wildman–Crippen LogP) is 5.34. The number of rotatable bonds is 8. The Kier molecular flexibility index (Phi) is 7.16. The highest BCUT2D eigenvalue weighted by atomic mass is 35.5. The predicted molar refractivity (Wildman–Crippen MR) is 131 cm³/mol. The fraction of sp³-hybridized carbons (Fsp3) is 0.125. The first-order chi connectivity index (χ1) is 16.1. The lowest BCUT2D eigenvalue weighted by Gasteiger charge is -2.12. The van der Waals surface area contributed by atoms with Crippen molar-refractivity contribution >= 4 is 35.0 Å². The van der Waals surface area contributed by atoms with Gasteiger partial charge in [-0.25, -0.2) is 0 Å². The van der Waals surface area contributed by atoms with Gasteiger partial charge in [0.1, 0.15) is 11.5 Å². The van der Waals surface area contributed by atoms with Crippen LogP contribution in [-0.4, -0.2) is 40.6 Å².